The van der Waals surface area contributed by atoms with E-state index in [9.17, 15) is 14.4 Å². The van der Waals surface area contributed by atoms with Gasteiger partial charge in [0.15, 0.2) is 6.10 Å². The topological polar surface area (TPSA) is 80.1 Å². The summed E-state index contributed by atoms with van der Waals surface area (Å²) in [5.41, 5.74) is 2.90. The summed E-state index contributed by atoms with van der Waals surface area (Å²) in [5.74, 6) is 0.363. The quantitative estimate of drug-likeness (QED) is 0.571. The predicted molar refractivity (Wildman–Crippen MR) is 126 cm³/mol. The summed E-state index contributed by atoms with van der Waals surface area (Å²) in [4.78, 5) is 41.3. The molecule has 2 amide bonds. The molecule has 0 bridgehead atoms. The molecule has 0 N–H and O–H groups in total. The molecule has 0 radical (unpaired) electrons. The lowest BCUT2D eigenvalue weighted by atomic mass is 10.0. The second-order valence-electron chi connectivity index (χ2n) is 8.52. The summed E-state index contributed by atoms with van der Waals surface area (Å²) in [5, 5.41) is 0.704. The molecule has 1 unspecified atom stereocenters. The van der Waals surface area contributed by atoms with Crippen LogP contribution in [-0.4, -0.2) is 53.9 Å². The Labute approximate surface area is 192 Å². The number of aryl methyl sites for hydroxylation is 2. The number of fused-ring (bicyclic) bond motifs is 1. The summed E-state index contributed by atoms with van der Waals surface area (Å²) in [6.07, 6.45) is -0.724. The van der Waals surface area contributed by atoms with E-state index in [0.717, 1.165) is 11.1 Å². The fourth-order valence-corrected chi connectivity index (χ4v) is 4.17. The Balaban J connectivity index is 1.47. The van der Waals surface area contributed by atoms with Gasteiger partial charge >= 0.3 is 5.63 Å². The molecule has 1 aromatic heterocycles. The van der Waals surface area contributed by atoms with E-state index in [2.05, 4.69) is 0 Å². The lowest BCUT2D eigenvalue weighted by Gasteiger charge is -2.36. The molecule has 33 heavy (non-hydrogen) atoms. The molecule has 1 fully saturated rings. The molecule has 7 nitrogen and oxygen atoms in total. The first-order valence-corrected chi connectivity index (χ1v) is 11.1. The smallest absolute Gasteiger partial charge is 0.339 e. The Bertz CT molecular complexity index is 1260. The molecule has 0 aliphatic carbocycles. The van der Waals surface area contributed by atoms with Crippen LogP contribution < -0.4 is 10.4 Å². The van der Waals surface area contributed by atoms with E-state index < -0.39 is 6.10 Å². The van der Waals surface area contributed by atoms with E-state index in [1.165, 1.54) is 0 Å². The minimum atomic E-state index is -0.724. The Morgan fingerprint density at radius 1 is 0.939 bits per heavy atom. The van der Waals surface area contributed by atoms with E-state index in [-0.39, 0.29) is 17.4 Å². The van der Waals surface area contributed by atoms with Crippen LogP contribution in [0.25, 0.3) is 11.0 Å². The zero-order valence-corrected chi connectivity index (χ0v) is 19.4. The van der Waals surface area contributed by atoms with Gasteiger partial charge in [-0.25, -0.2) is 4.79 Å². The van der Waals surface area contributed by atoms with Crippen LogP contribution in [0.3, 0.4) is 0 Å². The van der Waals surface area contributed by atoms with Crippen molar-refractivity contribution in [3.63, 3.8) is 0 Å². The molecule has 1 saturated heterocycles. The molecule has 1 atom stereocenters. The number of hydrogen-bond donors (Lipinski definition) is 0. The highest BCUT2D eigenvalue weighted by Gasteiger charge is 2.29. The van der Waals surface area contributed by atoms with Crippen molar-refractivity contribution >= 4 is 22.8 Å². The van der Waals surface area contributed by atoms with Crippen molar-refractivity contribution in [2.45, 2.75) is 33.8 Å². The Hall–Kier alpha value is -3.61. The van der Waals surface area contributed by atoms with Crippen LogP contribution in [0, 0.1) is 20.8 Å². The van der Waals surface area contributed by atoms with Gasteiger partial charge in [-0.2, -0.15) is 0 Å². The molecule has 4 rings (SSSR count). The number of carbonyl (C=O) groups is 2. The van der Waals surface area contributed by atoms with Gasteiger partial charge in [-0.3, -0.25) is 9.59 Å². The van der Waals surface area contributed by atoms with Crippen LogP contribution >= 0.6 is 0 Å². The van der Waals surface area contributed by atoms with Gasteiger partial charge in [0.1, 0.15) is 11.3 Å². The van der Waals surface area contributed by atoms with Gasteiger partial charge in [-0.05, 0) is 63.1 Å². The number of carbonyl (C=O) groups excluding carboxylic acids is 2. The Morgan fingerprint density at radius 3 is 2.24 bits per heavy atom. The number of piperazine rings is 1. The third-order valence-electron chi connectivity index (χ3n) is 6.21. The Kier molecular flexibility index (Phi) is 6.22. The fraction of sp³-hybridized carbons (Fsp3) is 0.346. The van der Waals surface area contributed by atoms with Crippen molar-refractivity contribution in [3.05, 3.63) is 75.1 Å². The van der Waals surface area contributed by atoms with Gasteiger partial charge in [-0.1, -0.05) is 18.2 Å². The van der Waals surface area contributed by atoms with Gasteiger partial charge in [0.2, 0.25) is 0 Å². The third kappa shape index (κ3) is 4.49. The summed E-state index contributed by atoms with van der Waals surface area (Å²) < 4.78 is 11.6. The van der Waals surface area contributed by atoms with Crippen molar-refractivity contribution in [2.24, 2.45) is 0 Å². The molecule has 2 aromatic carbocycles. The summed E-state index contributed by atoms with van der Waals surface area (Å²) >= 11 is 0. The standard InChI is InChI=1S/C26H28N2O5/c1-16-14-21(23-17(2)18(3)26(31)33-22(23)15-16)32-19(4)24(29)27-10-12-28(13-11-27)25(30)20-8-6-5-7-9-20/h5-9,14-15,19H,10-13H2,1-4H3. The third-order valence-corrected chi connectivity index (χ3v) is 6.21. The van der Waals surface area contributed by atoms with E-state index in [4.69, 9.17) is 9.15 Å². The molecule has 2 heterocycles. The maximum atomic E-state index is 13.1. The minimum Gasteiger partial charge on any atom is -0.480 e. The number of nitrogens with zero attached hydrogens (tertiary/aromatic N) is 2. The van der Waals surface area contributed by atoms with Gasteiger partial charge in [0.25, 0.3) is 11.8 Å². The molecule has 3 aromatic rings. The van der Waals surface area contributed by atoms with Crippen LogP contribution in [0.5, 0.6) is 5.75 Å². The van der Waals surface area contributed by atoms with Crippen molar-refractivity contribution in [2.75, 3.05) is 26.2 Å². The SMILES string of the molecule is Cc1cc(OC(C)C(=O)N2CCN(C(=O)c3ccccc3)CC2)c2c(C)c(C)c(=O)oc2c1. The first kappa shape index (κ1) is 22.6. The molecule has 1 aliphatic rings. The van der Waals surface area contributed by atoms with Gasteiger partial charge < -0.3 is 19.0 Å². The summed E-state index contributed by atoms with van der Waals surface area (Å²) in [6.45, 7) is 9.03. The van der Waals surface area contributed by atoms with Crippen molar-refractivity contribution < 1.29 is 18.7 Å². The highest BCUT2D eigenvalue weighted by Crippen LogP contribution is 2.31. The van der Waals surface area contributed by atoms with Crippen LogP contribution in [0.15, 0.2) is 51.7 Å². The van der Waals surface area contributed by atoms with Gasteiger partial charge in [-0.15, -0.1) is 0 Å². The second-order valence-corrected chi connectivity index (χ2v) is 8.52. The van der Waals surface area contributed by atoms with E-state index in [0.29, 0.717) is 54.0 Å². The zero-order valence-electron chi connectivity index (χ0n) is 19.4. The van der Waals surface area contributed by atoms with Crippen molar-refractivity contribution in [1.29, 1.82) is 0 Å². The average Bonchev–Trinajstić information content (AvgIpc) is 2.82. The second kappa shape index (κ2) is 9.10. The van der Waals surface area contributed by atoms with Crippen LogP contribution in [-0.2, 0) is 4.79 Å². The maximum absolute atomic E-state index is 13.1. The number of benzene rings is 2. The molecule has 7 heteroatoms. The number of rotatable bonds is 4. The Morgan fingerprint density at radius 2 is 1.58 bits per heavy atom. The largest absolute Gasteiger partial charge is 0.480 e. The lowest BCUT2D eigenvalue weighted by molar-refractivity contribution is -0.139. The van der Waals surface area contributed by atoms with E-state index in [1.54, 1.807) is 41.8 Å². The van der Waals surface area contributed by atoms with Gasteiger partial charge in [0.05, 0.1) is 5.39 Å². The molecule has 172 valence electrons. The summed E-state index contributed by atoms with van der Waals surface area (Å²) in [7, 11) is 0. The van der Waals surface area contributed by atoms with Crippen LogP contribution in [0.4, 0.5) is 0 Å². The fourth-order valence-electron chi connectivity index (χ4n) is 4.17. The average molecular weight is 449 g/mol. The van der Waals surface area contributed by atoms with Crippen molar-refractivity contribution in [3.8, 4) is 5.75 Å². The monoisotopic (exact) mass is 448 g/mol. The van der Waals surface area contributed by atoms with Crippen LogP contribution in [0.1, 0.15) is 34.0 Å². The van der Waals surface area contributed by atoms with Crippen molar-refractivity contribution in [1.82, 2.24) is 9.80 Å². The first-order chi connectivity index (χ1) is 15.8. The highest BCUT2D eigenvalue weighted by atomic mass is 16.5. The van der Waals surface area contributed by atoms with Gasteiger partial charge in [0, 0.05) is 37.3 Å². The molecule has 0 spiro atoms. The summed E-state index contributed by atoms with van der Waals surface area (Å²) in [6, 6.07) is 12.8. The normalized spacial score (nSPS) is 14.9. The number of amides is 2. The maximum Gasteiger partial charge on any atom is 0.339 e. The molecular weight excluding hydrogens is 420 g/mol. The predicted octanol–water partition coefficient (Wildman–Crippen LogP) is 3.47. The molecule has 0 saturated carbocycles. The number of ether oxygens (including phenoxy) is 1. The minimum absolute atomic E-state index is 0.0226. The van der Waals surface area contributed by atoms with E-state index in [1.807, 2.05) is 38.1 Å². The molecule has 1 aliphatic heterocycles. The highest BCUT2D eigenvalue weighted by molar-refractivity contribution is 5.94. The van der Waals surface area contributed by atoms with Crippen LogP contribution in [0.2, 0.25) is 0 Å². The number of hydrogen-bond acceptors (Lipinski definition) is 5. The van der Waals surface area contributed by atoms with E-state index >= 15 is 0 Å². The molecular formula is C26H28N2O5. The lowest BCUT2D eigenvalue weighted by Crippen LogP contribution is -2.53. The zero-order chi connectivity index (χ0) is 23.7. The first-order valence-electron chi connectivity index (χ1n) is 11.1.